The Morgan fingerprint density at radius 1 is 1.24 bits per heavy atom. The number of amides is 1. The van der Waals surface area contributed by atoms with Crippen LogP contribution in [0.1, 0.15) is 31.4 Å². The summed E-state index contributed by atoms with van der Waals surface area (Å²) in [6.07, 6.45) is 1.21. The Labute approximate surface area is 123 Å². The highest BCUT2D eigenvalue weighted by Gasteiger charge is 2.42. The minimum absolute atomic E-state index is 0.169. The summed E-state index contributed by atoms with van der Waals surface area (Å²) < 4.78 is 5.54. The minimum atomic E-state index is -0.873. The van der Waals surface area contributed by atoms with Gasteiger partial charge in [-0.25, -0.2) is 0 Å². The molecule has 1 fully saturated rings. The Bertz CT molecular complexity index is 571. The molecule has 5 nitrogen and oxygen atoms in total. The van der Waals surface area contributed by atoms with Crippen molar-refractivity contribution in [1.82, 2.24) is 5.32 Å². The first-order chi connectivity index (χ1) is 10.1. The van der Waals surface area contributed by atoms with Crippen LogP contribution in [0.15, 0.2) is 24.3 Å². The molecule has 1 aliphatic heterocycles. The van der Waals surface area contributed by atoms with Crippen molar-refractivity contribution in [3.63, 3.8) is 0 Å². The third kappa shape index (κ3) is 2.60. The Morgan fingerprint density at radius 3 is 2.71 bits per heavy atom. The van der Waals surface area contributed by atoms with Crippen LogP contribution in [0.4, 0.5) is 0 Å². The highest BCUT2D eigenvalue weighted by molar-refractivity contribution is 5.85. The molecule has 0 bridgehead atoms. The summed E-state index contributed by atoms with van der Waals surface area (Å²) >= 11 is 0. The van der Waals surface area contributed by atoms with Gasteiger partial charge in [0.25, 0.3) is 0 Å². The number of rotatable bonds is 3. The molecule has 1 amide bonds. The molecule has 3 rings (SSSR count). The monoisotopic (exact) mass is 289 g/mol. The Kier molecular flexibility index (Phi) is 3.57. The van der Waals surface area contributed by atoms with Gasteiger partial charge in [0.15, 0.2) is 0 Å². The number of benzene rings is 1. The van der Waals surface area contributed by atoms with Crippen molar-refractivity contribution in [1.29, 1.82) is 0 Å². The molecule has 1 aromatic rings. The van der Waals surface area contributed by atoms with E-state index in [1.807, 2.05) is 31.2 Å². The Hall–Kier alpha value is -2.04. The lowest BCUT2D eigenvalue weighted by Crippen LogP contribution is -2.38. The highest BCUT2D eigenvalue weighted by atomic mass is 16.5. The van der Waals surface area contributed by atoms with Crippen molar-refractivity contribution in [3.05, 3.63) is 29.8 Å². The quantitative estimate of drug-likeness (QED) is 0.892. The summed E-state index contributed by atoms with van der Waals surface area (Å²) in [4.78, 5) is 23.7. The molecule has 2 aliphatic rings. The van der Waals surface area contributed by atoms with E-state index in [0.717, 1.165) is 11.3 Å². The molecule has 1 saturated carbocycles. The molecule has 4 atom stereocenters. The minimum Gasteiger partial charge on any atom is -0.491 e. The summed E-state index contributed by atoms with van der Waals surface area (Å²) in [6, 6.07) is 7.42. The van der Waals surface area contributed by atoms with Gasteiger partial charge in [0.2, 0.25) is 5.91 Å². The van der Waals surface area contributed by atoms with Gasteiger partial charge in [-0.3, -0.25) is 9.59 Å². The molecule has 2 N–H and O–H groups in total. The van der Waals surface area contributed by atoms with Crippen molar-refractivity contribution in [2.75, 3.05) is 6.61 Å². The second-order valence-electron chi connectivity index (χ2n) is 6.04. The summed E-state index contributed by atoms with van der Waals surface area (Å²) in [5.74, 6) is -0.992. The third-order valence-corrected chi connectivity index (χ3v) is 4.47. The number of carbonyl (C=O) groups is 2. The molecule has 2 unspecified atom stereocenters. The molecular weight excluding hydrogens is 270 g/mol. The number of aliphatic carboxylic acids is 1. The van der Waals surface area contributed by atoms with E-state index in [1.165, 1.54) is 0 Å². The number of ether oxygens (including phenoxy) is 1. The van der Waals surface area contributed by atoms with E-state index in [2.05, 4.69) is 5.32 Å². The van der Waals surface area contributed by atoms with Gasteiger partial charge in [-0.05, 0) is 24.8 Å². The Morgan fingerprint density at radius 2 is 1.95 bits per heavy atom. The second kappa shape index (κ2) is 5.39. The first kappa shape index (κ1) is 13.9. The zero-order valence-electron chi connectivity index (χ0n) is 11.9. The molecule has 1 heterocycles. The third-order valence-electron chi connectivity index (χ3n) is 4.47. The second-order valence-corrected chi connectivity index (χ2v) is 6.04. The van der Waals surface area contributed by atoms with E-state index in [4.69, 9.17) is 4.74 Å². The van der Waals surface area contributed by atoms with Crippen LogP contribution in [-0.2, 0) is 9.59 Å². The number of nitrogens with one attached hydrogen (secondary N) is 1. The highest BCUT2D eigenvalue weighted by Crippen LogP contribution is 2.38. The van der Waals surface area contributed by atoms with Crippen LogP contribution < -0.4 is 10.1 Å². The molecule has 1 aromatic carbocycles. The maximum absolute atomic E-state index is 12.4. The standard InChI is InChI=1S/C16H19NO4/c1-9-6-11(12(7-9)16(19)20)15(18)17-13-8-21-14-5-3-2-4-10(13)14/h2-5,9,11-13H,6-8H2,1H3,(H,17,18)(H,19,20)/t9?,11-,12+,13?/m0/s1. The van der Waals surface area contributed by atoms with Gasteiger partial charge in [-0.15, -0.1) is 0 Å². The van der Waals surface area contributed by atoms with E-state index in [9.17, 15) is 14.7 Å². The molecule has 0 spiro atoms. The zero-order valence-corrected chi connectivity index (χ0v) is 11.9. The fourth-order valence-electron chi connectivity index (χ4n) is 3.42. The number of carbonyl (C=O) groups excluding carboxylic acids is 1. The normalized spacial score (nSPS) is 30.5. The molecule has 21 heavy (non-hydrogen) atoms. The zero-order chi connectivity index (χ0) is 15.0. The molecule has 1 aliphatic carbocycles. The van der Waals surface area contributed by atoms with Gasteiger partial charge in [-0.1, -0.05) is 25.1 Å². The average molecular weight is 289 g/mol. The largest absolute Gasteiger partial charge is 0.491 e. The van der Waals surface area contributed by atoms with Crippen LogP contribution in [0, 0.1) is 17.8 Å². The number of para-hydroxylation sites is 1. The van der Waals surface area contributed by atoms with Gasteiger partial charge in [-0.2, -0.15) is 0 Å². The van der Waals surface area contributed by atoms with Crippen LogP contribution in [0.5, 0.6) is 5.75 Å². The van der Waals surface area contributed by atoms with E-state index in [-0.39, 0.29) is 17.9 Å². The van der Waals surface area contributed by atoms with Crippen molar-refractivity contribution >= 4 is 11.9 Å². The topological polar surface area (TPSA) is 75.6 Å². The van der Waals surface area contributed by atoms with E-state index >= 15 is 0 Å². The lowest BCUT2D eigenvalue weighted by molar-refractivity contribution is -0.146. The van der Waals surface area contributed by atoms with Gasteiger partial charge in [0.1, 0.15) is 12.4 Å². The van der Waals surface area contributed by atoms with Crippen LogP contribution in [0.3, 0.4) is 0 Å². The molecule has 112 valence electrons. The van der Waals surface area contributed by atoms with Crippen LogP contribution in [0.25, 0.3) is 0 Å². The van der Waals surface area contributed by atoms with Crippen LogP contribution in [-0.4, -0.2) is 23.6 Å². The smallest absolute Gasteiger partial charge is 0.307 e. The first-order valence-electron chi connectivity index (χ1n) is 7.31. The van der Waals surface area contributed by atoms with Crippen molar-refractivity contribution < 1.29 is 19.4 Å². The molecule has 0 saturated heterocycles. The molecule has 0 aromatic heterocycles. The van der Waals surface area contributed by atoms with E-state index in [0.29, 0.717) is 19.4 Å². The molecular formula is C16H19NO4. The maximum Gasteiger partial charge on any atom is 0.307 e. The van der Waals surface area contributed by atoms with E-state index in [1.54, 1.807) is 0 Å². The van der Waals surface area contributed by atoms with Gasteiger partial charge in [0, 0.05) is 5.56 Å². The first-order valence-corrected chi connectivity index (χ1v) is 7.31. The number of hydrogen-bond acceptors (Lipinski definition) is 3. The number of carboxylic acid groups (broad SMARTS) is 1. The lowest BCUT2D eigenvalue weighted by Gasteiger charge is -2.18. The van der Waals surface area contributed by atoms with Gasteiger partial charge in [0.05, 0.1) is 17.9 Å². The summed E-state index contributed by atoms with van der Waals surface area (Å²) in [5, 5.41) is 12.2. The Balaban J connectivity index is 1.71. The van der Waals surface area contributed by atoms with Gasteiger partial charge < -0.3 is 15.2 Å². The van der Waals surface area contributed by atoms with Gasteiger partial charge >= 0.3 is 5.97 Å². The SMILES string of the molecule is CC1C[C@H](C(=O)NC2COc3ccccc32)[C@H](C(=O)O)C1. The lowest BCUT2D eigenvalue weighted by atomic mass is 9.94. The van der Waals surface area contributed by atoms with E-state index < -0.39 is 17.8 Å². The molecule has 5 heteroatoms. The summed E-state index contributed by atoms with van der Waals surface area (Å²) in [5.41, 5.74) is 0.962. The number of carboxylic acids is 1. The number of hydrogen-bond donors (Lipinski definition) is 2. The van der Waals surface area contributed by atoms with Crippen LogP contribution >= 0.6 is 0 Å². The number of fused-ring (bicyclic) bond motifs is 1. The van der Waals surface area contributed by atoms with Crippen molar-refractivity contribution in [3.8, 4) is 5.75 Å². The maximum atomic E-state index is 12.4. The van der Waals surface area contributed by atoms with Crippen molar-refractivity contribution in [2.45, 2.75) is 25.8 Å². The predicted molar refractivity (Wildman–Crippen MR) is 75.8 cm³/mol. The fourth-order valence-corrected chi connectivity index (χ4v) is 3.42. The molecule has 0 radical (unpaired) electrons. The summed E-state index contributed by atoms with van der Waals surface area (Å²) in [7, 11) is 0. The predicted octanol–water partition coefficient (Wildman–Crippen LogP) is 1.98. The van der Waals surface area contributed by atoms with Crippen LogP contribution in [0.2, 0.25) is 0 Å². The summed E-state index contributed by atoms with van der Waals surface area (Å²) in [6.45, 7) is 2.41. The van der Waals surface area contributed by atoms with Crippen molar-refractivity contribution in [2.24, 2.45) is 17.8 Å². The fraction of sp³-hybridized carbons (Fsp3) is 0.500. The average Bonchev–Trinajstić information content (AvgIpc) is 3.03.